The molecule has 1 aliphatic rings. The van der Waals surface area contributed by atoms with Crippen LogP contribution in [-0.4, -0.2) is 43.5 Å². The number of aliphatic hydroxyl groups is 1. The van der Waals surface area contributed by atoms with Gasteiger partial charge in [-0.15, -0.1) is 10.2 Å². The lowest BCUT2D eigenvalue weighted by Gasteiger charge is -2.11. The van der Waals surface area contributed by atoms with E-state index in [9.17, 15) is 9.90 Å². The predicted molar refractivity (Wildman–Crippen MR) is 107 cm³/mol. The molecule has 9 nitrogen and oxygen atoms in total. The summed E-state index contributed by atoms with van der Waals surface area (Å²) in [4.78, 5) is 16.6. The van der Waals surface area contributed by atoms with E-state index in [1.165, 1.54) is 0 Å². The summed E-state index contributed by atoms with van der Waals surface area (Å²) in [7, 11) is 0. The zero-order valence-corrected chi connectivity index (χ0v) is 16.8. The van der Waals surface area contributed by atoms with E-state index in [-0.39, 0.29) is 36.2 Å². The molecule has 0 saturated heterocycles. The van der Waals surface area contributed by atoms with Gasteiger partial charge in [0.05, 0.1) is 11.7 Å². The molecule has 0 unspecified atom stereocenters. The molecular weight excluding hydrogens is 386 g/mol. The standard InChI is InChI=1S/C21H23N5O4/c1-12-3-4-14(10-22-12)20-17(13(2)30-26-20)11-29-19-8-7-18(24-25-19)21(28)23-15-5-6-16(27)9-15/h3-4,7-8,10,15-16,27H,5-6,9,11H2,1-2H3,(H,23,28)/t15-,16-/m1/s1. The van der Waals surface area contributed by atoms with Crippen LogP contribution in [0.1, 0.15) is 46.8 Å². The average molecular weight is 409 g/mol. The molecule has 3 aromatic heterocycles. The summed E-state index contributed by atoms with van der Waals surface area (Å²) in [5, 5.41) is 24.5. The van der Waals surface area contributed by atoms with Gasteiger partial charge >= 0.3 is 0 Å². The third kappa shape index (κ3) is 4.46. The number of nitrogens with one attached hydrogen (secondary N) is 1. The van der Waals surface area contributed by atoms with Gasteiger partial charge in [-0.25, -0.2) is 0 Å². The summed E-state index contributed by atoms with van der Waals surface area (Å²) in [5.74, 6) is 0.627. The van der Waals surface area contributed by atoms with Gasteiger partial charge in [-0.3, -0.25) is 9.78 Å². The minimum absolute atomic E-state index is 0.0310. The maximum atomic E-state index is 12.3. The summed E-state index contributed by atoms with van der Waals surface area (Å²) < 4.78 is 11.1. The number of carbonyl (C=O) groups is 1. The van der Waals surface area contributed by atoms with Gasteiger partial charge in [0, 0.05) is 29.6 Å². The van der Waals surface area contributed by atoms with Crippen molar-refractivity contribution >= 4 is 5.91 Å². The molecule has 2 N–H and O–H groups in total. The van der Waals surface area contributed by atoms with Crippen LogP contribution >= 0.6 is 0 Å². The number of aromatic nitrogens is 4. The number of ether oxygens (including phenoxy) is 1. The average Bonchev–Trinajstić information content (AvgIpc) is 3.32. The lowest BCUT2D eigenvalue weighted by molar-refractivity contribution is 0.0927. The molecule has 9 heteroatoms. The SMILES string of the molecule is Cc1ccc(-c2noc(C)c2COc2ccc(C(=O)N[C@@H]3CC[C@@H](O)C3)nn2)cn1. The Labute approximate surface area is 173 Å². The Kier molecular flexibility index (Phi) is 5.71. The van der Waals surface area contributed by atoms with E-state index < -0.39 is 0 Å². The zero-order chi connectivity index (χ0) is 21.1. The van der Waals surface area contributed by atoms with Crippen LogP contribution in [0.15, 0.2) is 35.0 Å². The highest BCUT2D eigenvalue weighted by Crippen LogP contribution is 2.26. The van der Waals surface area contributed by atoms with E-state index in [1.54, 1.807) is 18.3 Å². The highest BCUT2D eigenvalue weighted by atomic mass is 16.5. The van der Waals surface area contributed by atoms with Gasteiger partial charge in [-0.1, -0.05) is 5.16 Å². The first kappa shape index (κ1) is 20.0. The van der Waals surface area contributed by atoms with Crippen LogP contribution in [0.2, 0.25) is 0 Å². The number of nitrogens with zero attached hydrogens (tertiary/aromatic N) is 4. The van der Waals surface area contributed by atoms with Gasteiger partial charge in [-0.2, -0.15) is 0 Å². The third-order valence-electron chi connectivity index (χ3n) is 5.15. The van der Waals surface area contributed by atoms with Gasteiger partial charge in [0.25, 0.3) is 5.91 Å². The molecule has 156 valence electrons. The molecule has 0 aliphatic heterocycles. The Morgan fingerprint density at radius 3 is 2.77 bits per heavy atom. The number of hydrogen-bond acceptors (Lipinski definition) is 8. The summed E-state index contributed by atoms with van der Waals surface area (Å²) in [6, 6.07) is 6.97. The second-order valence-electron chi connectivity index (χ2n) is 7.44. The molecule has 30 heavy (non-hydrogen) atoms. The highest BCUT2D eigenvalue weighted by molar-refractivity contribution is 5.92. The van der Waals surface area contributed by atoms with E-state index in [4.69, 9.17) is 9.26 Å². The fraction of sp³-hybridized carbons (Fsp3) is 0.381. The number of aryl methyl sites for hydroxylation is 2. The molecule has 0 bridgehead atoms. The van der Waals surface area contributed by atoms with Gasteiger partial charge in [-0.05, 0) is 51.3 Å². The van der Waals surface area contributed by atoms with Crippen LogP contribution in [0.5, 0.6) is 5.88 Å². The topological polar surface area (TPSA) is 123 Å². The van der Waals surface area contributed by atoms with Crippen LogP contribution in [0.3, 0.4) is 0 Å². The summed E-state index contributed by atoms with van der Waals surface area (Å²) >= 11 is 0. The Morgan fingerprint density at radius 1 is 1.23 bits per heavy atom. The Hall–Kier alpha value is -3.33. The smallest absolute Gasteiger partial charge is 0.272 e. The van der Waals surface area contributed by atoms with Crippen molar-refractivity contribution in [3.8, 4) is 17.1 Å². The molecule has 0 radical (unpaired) electrons. The van der Waals surface area contributed by atoms with Crippen LogP contribution in [0.25, 0.3) is 11.3 Å². The van der Waals surface area contributed by atoms with Crippen molar-refractivity contribution in [3.05, 3.63) is 53.2 Å². The van der Waals surface area contributed by atoms with Crippen molar-refractivity contribution < 1.29 is 19.2 Å². The third-order valence-corrected chi connectivity index (χ3v) is 5.15. The molecular formula is C21H23N5O4. The molecule has 0 aromatic carbocycles. The van der Waals surface area contributed by atoms with Crippen molar-refractivity contribution in [2.75, 3.05) is 0 Å². The van der Waals surface area contributed by atoms with Crippen molar-refractivity contribution in [2.24, 2.45) is 0 Å². The fourth-order valence-corrected chi connectivity index (χ4v) is 3.41. The van der Waals surface area contributed by atoms with Crippen molar-refractivity contribution in [1.82, 2.24) is 25.7 Å². The summed E-state index contributed by atoms with van der Waals surface area (Å²) in [6.45, 7) is 3.93. The summed E-state index contributed by atoms with van der Waals surface area (Å²) in [6.07, 6.45) is 3.42. The molecule has 3 heterocycles. The molecule has 4 rings (SSSR count). The first-order valence-corrected chi connectivity index (χ1v) is 9.83. The Morgan fingerprint density at radius 2 is 2.10 bits per heavy atom. The predicted octanol–water partition coefficient (Wildman–Crippen LogP) is 2.37. The molecule has 1 amide bonds. The molecule has 0 spiro atoms. The number of rotatable bonds is 6. The maximum Gasteiger partial charge on any atom is 0.272 e. The number of carbonyl (C=O) groups excluding carboxylic acids is 1. The van der Waals surface area contributed by atoms with Crippen molar-refractivity contribution in [3.63, 3.8) is 0 Å². The van der Waals surface area contributed by atoms with Crippen LogP contribution in [-0.2, 0) is 6.61 Å². The van der Waals surface area contributed by atoms with E-state index in [0.717, 1.165) is 23.2 Å². The van der Waals surface area contributed by atoms with Gasteiger partial charge < -0.3 is 19.7 Å². The van der Waals surface area contributed by atoms with Crippen molar-refractivity contribution in [2.45, 2.75) is 51.9 Å². The van der Waals surface area contributed by atoms with Crippen LogP contribution in [0.4, 0.5) is 0 Å². The molecule has 1 aliphatic carbocycles. The maximum absolute atomic E-state index is 12.3. The highest BCUT2D eigenvalue weighted by Gasteiger charge is 2.25. The first-order chi connectivity index (χ1) is 14.5. The Bertz CT molecular complexity index is 1020. The minimum Gasteiger partial charge on any atom is -0.472 e. The van der Waals surface area contributed by atoms with Crippen LogP contribution in [0, 0.1) is 13.8 Å². The minimum atomic E-state index is -0.349. The van der Waals surface area contributed by atoms with Gasteiger partial charge in [0.1, 0.15) is 18.1 Å². The second-order valence-corrected chi connectivity index (χ2v) is 7.44. The number of aliphatic hydroxyl groups excluding tert-OH is 1. The quantitative estimate of drug-likeness (QED) is 0.636. The Balaban J connectivity index is 1.39. The molecule has 1 fully saturated rings. The van der Waals surface area contributed by atoms with Crippen LogP contribution < -0.4 is 10.1 Å². The fourth-order valence-electron chi connectivity index (χ4n) is 3.41. The first-order valence-electron chi connectivity index (χ1n) is 9.83. The molecule has 3 aromatic rings. The summed E-state index contributed by atoms with van der Waals surface area (Å²) in [5.41, 5.74) is 3.43. The van der Waals surface area contributed by atoms with E-state index >= 15 is 0 Å². The molecule has 1 saturated carbocycles. The monoisotopic (exact) mass is 409 g/mol. The number of pyridine rings is 1. The van der Waals surface area contributed by atoms with E-state index in [0.29, 0.717) is 24.3 Å². The van der Waals surface area contributed by atoms with E-state index in [1.807, 2.05) is 26.0 Å². The normalized spacial score (nSPS) is 18.4. The number of hydrogen-bond donors (Lipinski definition) is 2. The lowest BCUT2D eigenvalue weighted by atomic mass is 10.1. The van der Waals surface area contributed by atoms with E-state index in [2.05, 4.69) is 25.7 Å². The molecule has 2 atom stereocenters. The second kappa shape index (κ2) is 8.58. The van der Waals surface area contributed by atoms with Gasteiger partial charge in [0.15, 0.2) is 5.69 Å². The number of amides is 1. The lowest BCUT2D eigenvalue weighted by Crippen LogP contribution is -2.33. The zero-order valence-electron chi connectivity index (χ0n) is 16.8. The van der Waals surface area contributed by atoms with Crippen molar-refractivity contribution in [1.29, 1.82) is 0 Å². The largest absolute Gasteiger partial charge is 0.472 e. The van der Waals surface area contributed by atoms with Gasteiger partial charge in [0.2, 0.25) is 5.88 Å².